The Morgan fingerprint density at radius 1 is 1.18 bits per heavy atom. The minimum atomic E-state index is -0.612. The lowest BCUT2D eigenvalue weighted by molar-refractivity contribution is 0.0682. The molecule has 33 heavy (non-hydrogen) atoms. The molecule has 0 aromatic carbocycles. The topological polar surface area (TPSA) is 60.7 Å². The Balaban J connectivity index is 1.57. The van der Waals surface area contributed by atoms with Crippen molar-refractivity contribution >= 4 is 11.8 Å². The summed E-state index contributed by atoms with van der Waals surface area (Å²) in [5, 5.41) is 30.8. The smallest absolute Gasteiger partial charge is 0.0811 e. The number of aliphatic hydroxyl groups is 3. The van der Waals surface area contributed by atoms with E-state index in [2.05, 4.69) is 44.3 Å². The molecule has 3 rings (SSSR count). The molecular formula is C29H48O3S. The lowest BCUT2D eigenvalue weighted by Gasteiger charge is -2.44. The largest absolute Gasteiger partial charge is 0.393 e. The molecular weight excluding hydrogens is 428 g/mol. The van der Waals surface area contributed by atoms with Gasteiger partial charge in [0.05, 0.1) is 17.8 Å². The minimum absolute atomic E-state index is 0.387. The first kappa shape index (κ1) is 27.0. The van der Waals surface area contributed by atoms with Crippen LogP contribution in [-0.2, 0) is 0 Å². The van der Waals surface area contributed by atoms with Crippen LogP contribution in [0.3, 0.4) is 0 Å². The van der Waals surface area contributed by atoms with Gasteiger partial charge >= 0.3 is 0 Å². The highest BCUT2D eigenvalue weighted by molar-refractivity contribution is 7.99. The van der Waals surface area contributed by atoms with Crippen molar-refractivity contribution in [3.8, 4) is 0 Å². The number of aliphatic hydroxyl groups excluding tert-OH is 2. The second kappa shape index (κ2) is 11.5. The summed E-state index contributed by atoms with van der Waals surface area (Å²) in [5.41, 5.74) is 3.24. The normalized spacial score (nSPS) is 36.4. The van der Waals surface area contributed by atoms with E-state index in [0.29, 0.717) is 29.4 Å². The first-order valence-electron chi connectivity index (χ1n) is 13.3. The van der Waals surface area contributed by atoms with Gasteiger partial charge in [-0.3, -0.25) is 0 Å². The van der Waals surface area contributed by atoms with Crippen LogP contribution in [0.1, 0.15) is 98.3 Å². The first-order chi connectivity index (χ1) is 15.5. The third-order valence-electron chi connectivity index (χ3n) is 8.68. The molecule has 0 heterocycles. The van der Waals surface area contributed by atoms with Gasteiger partial charge in [-0.2, -0.15) is 11.8 Å². The number of hydrogen-bond donors (Lipinski definition) is 3. The molecule has 6 atom stereocenters. The van der Waals surface area contributed by atoms with Gasteiger partial charge in [0.15, 0.2) is 0 Å². The van der Waals surface area contributed by atoms with Crippen molar-refractivity contribution in [3.05, 3.63) is 35.5 Å². The van der Waals surface area contributed by atoms with Crippen LogP contribution >= 0.6 is 11.8 Å². The van der Waals surface area contributed by atoms with E-state index in [1.165, 1.54) is 50.7 Å². The zero-order valence-electron chi connectivity index (χ0n) is 21.5. The van der Waals surface area contributed by atoms with Crippen LogP contribution in [0.15, 0.2) is 35.5 Å². The second-order valence-electron chi connectivity index (χ2n) is 11.9. The highest BCUT2D eigenvalue weighted by Crippen LogP contribution is 2.59. The lowest BCUT2D eigenvalue weighted by atomic mass is 9.63. The van der Waals surface area contributed by atoms with E-state index in [1.54, 1.807) is 5.57 Å². The van der Waals surface area contributed by atoms with Gasteiger partial charge in [0, 0.05) is 11.7 Å². The van der Waals surface area contributed by atoms with E-state index in [4.69, 9.17) is 0 Å². The van der Waals surface area contributed by atoms with Crippen molar-refractivity contribution in [1.29, 1.82) is 0 Å². The first-order valence-corrected chi connectivity index (χ1v) is 14.3. The fourth-order valence-corrected chi connectivity index (χ4v) is 8.16. The molecule has 0 amide bonds. The Labute approximate surface area is 206 Å². The van der Waals surface area contributed by atoms with Crippen molar-refractivity contribution in [1.82, 2.24) is 0 Å². The van der Waals surface area contributed by atoms with E-state index in [9.17, 15) is 15.3 Å². The third kappa shape index (κ3) is 6.99. The molecule has 0 aliphatic heterocycles. The van der Waals surface area contributed by atoms with E-state index in [0.717, 1.165) is 29.9 Å². The summed E-state index contributed by atoms with van der Waals surface area (Å²) >= 11 is 2.16. The Morgan fingerprint density at radius 3 is 2.67 bits per heavy atom. The average molecular weight is 477 g/mol. The van der Waals surface area contributed by atoms with Crippen molar-refractivity contribution in [3.63, 3.8) is 0 Å². The fourth-order valence-electron chi connectivity index (χ4n) is 6.74. The molecule has 0 bridgehead atoms. The highest BCUT2D eigenvalue weighted by Gasteiger charge is 2.50. The molecule has 3 nitrogen and oxygen atoms in total. The Morgan fingerprint density at radius 2 is 1.94 bits per heavy atom. The average Bonchev–Trinajstić information content (AvgIpc) is 3.08. The predicted octanol–water partition coefficient (Wildman–Crippen LogP) is 6.58. The van der Waals surface area contributed by atoms with Gasteiger partial charge in [-0.1, -0.05) is 51.0 Å². The van der Waals surface area contributed by atoms with Crippen molar-refractivity contribution < 1.29 is 15.3 Å². The van der Waals surface area contributed by atoms with Crippen LogP contribution in [0.4, 0.5) is 0 Å². The van der Waals surface area contributed by atoms with Gasteiger partial charge < -0.3 is 15.3 Å². The van der Waals surface area contributed by atoms with E-state index < -0.39 is 17.8 Å². The summed E-state index contributed by atoms with van der Waals surface area (Å²) < 4.78 is 0. The lowest BCUT2D eigenvalue weighted by Crippen LogP contribution is -2.37. The van der Waals surface area contributed by atoms with E-state index >= 15 is 0 Å². The Kier molecular flexibility index (Phi) is 9.39. The van der Waals surface area contributed by atoms with Gasteiger partial charge in [-0.25, -0.2) is 0 Å². The van der Waals surface area contributed by atoms with Gasteiger partial charge in [0.25, 0.3) is 0 Å². The van der Waals surface area contributed by atoms with Crippen LogP contribution in [0, 0.1) is 17.3 Å². The Bertz CT molecular complexity index is 734. The second-order valence-corrected chi connectivity index (χ2v) is 13.3. The number of rotatable bonds is 9. The number of allylic oxidation sites excluding steroid dienone is 3. The molecule has 0 unspecified atom stereocenters. The van der Waals surface area contributed by atoms with Crippen LogP contribution in [0.25, 0.3) is 0 Å². The van der Waals surface area contributed by atoms with Gasteiger partial charge in [0.2, 0.25) is 0 Å². The number of hydrogen-bond acceptors (Lipinski definition) is 4. The predicted molar refractivity (Wildman–Crippen MR) is 141 cm³/mol. The zero-order valence-corrected chi connectivity index (χ0v) is 22.3. The molecule has 0 saturated heterocycles. The number of fused-ring (bicyclic) bond motifs is 1. The zero-order chi connectivity index (χ0) is 24.2. The molecule has 4 heteroatoms. The van der Waals surface area contributed by atoms with Gasteiger partial charge in [-0.05, 0) is 99.4 Å². The fraction of sp³-hybridized carbons (Fsp3) is 0.793. The molecule has 3 N–H and O–H groups in total. The molecule has 3 saturated carbocycles. The van der Waals surface area contributed by atoms with Crippen LogP contribution in [-0.4, -0.2) is 44.1 Å². The highest BCUT2D eigenvalue weighted by atomic mass is 32.2. The monoisotopic (exact) mass is 476 g/mol. The summed E-state index contributed by atoms with van der Waals surface area (Å²) in [6.07, 6.45) is 15.3. The van der Waals surface area contributed by atoms with Crippen LogP contribution in [0.2, 0.25) is 0 Å². The van der Waals surface area contributed by atoms with Crippen LogP contribution < -0.4 is 0 Å². The van der Waals surface area contributed by atoms with E-state index in [1.807, 2.05) is 13.8 Å². The molecule has 0 spiro atoms. The summed E-state index contributed by atoms with van der Waals surface area (Å²) in [5.74, 6) is 2.66. The molecule has 0 aromatic rings. The third-order valence-corrected chi connectivity index (χ3v) is 10.1. The molecule has 0 radical (unpaired) electrons. The summed E-state index contributed by atoms with van der Waals surface area (Å²) in [7, 11) is 0. The quantitative estimate of drug-likeness (QED) is 0.329. The van der Waals surface area contributed by atoms with Gasteiger partial charge in [0.1, 0.15) is 0 Å². The van der Waals surface area contributed by atoms with E-state index in [-0.39, 0.29) is 0 Å². The molecule has 3 fully saturated rings. The van der Waals surface area contributed by atoms with Crippen molar-refractivity contribution in [2.24, 2.45) is 17.3 Å². The SMILES string of the molecule is C=C1/C(=C/C=C2\CCC[C@]3(C)[C@@H]([C@@H](C)SCCCCCC(C)(C)O)CC[C@@H]23)C[C@@H](O)C[C@@H]1O. The van der Waals surface area contributed by atoms with Gasteiger partial charge in [-0.15, -0.1) is 0 Å². The maximum Gasteiger partial charge on any atom is 0.0811 e. The molecule has 3 aliphatic carbocycles. The summed E-state index contributed by atoms with van der Waals surface area (Å²) in [6.45, 7) is 12.9. The van der Waals surface area contributed by atoms with Crippen LogP contribution in [0.5, 0.6) is 0 Å². The molecule has 188 valence electrons. The number of thioether (sulfide) groups is 1. The number of unbranched alkanes of at least 4 members (excludes halogenated alkanes) is 2. The summed E-state index contributed by atoms with van der Waals surface area (Å²) in [6, 6.07) is 0. The maximum atomic E-state index is 10.2. The summed E-state index contributed by atoms with van der Waals surface area (Å²) in [4.78, 5) is 0. The van der Waals surface area contributed by atoms with Crippen molar-refractivity contribution in [2.75, 3.05) is 5.75 Å². The Hall–Kier alpha value is -0.550. The minimum Gasteiger partial charge on any atom is -0.393 e. The standard InChI is InChI=1S/C29H48O3S/c1-20-23(18-24(30)19-27(20)31)12-11-22-10-9-16-29(5)25(13-14-26(22)29)21(2)33-17-8-6-7-15-28(3,4)32/h11-12,21,24-27,30-32H,1,6-10,13-19H2,2-5H3/b22-11+,23-12+/t21-,24-,25-,26+,27+,29-/m1/s1. The molecule has 3 aliphatic rings. The van der Waals surface area contributed by atoms with Crippen molar-refractivity contribution in [2.45, 2.75) is 121 Å². The molecule has 0 aromatic heterocycles. The maximum absolute atomic E-state index is 10.2.